The first kappa shape index (κ1) is 33.2. The highest BCUT2D eigenvalue weighted by Crippen LogP contribution is 2.41. The summed E-state index contributed by atoms with van der Waals surface area (Å²) < 4.78 is 30.3. The summed E-state index contributed by atoms with van der Waals surface area (Å²) in [5.41, 5.74) is 6.90. The van der Waals surface area contributed by atoms with Crippen molar-refractivity contribution in [3.8, 4) is 11.8 Å². The molecule has 2 atom stereocenters. The fourth-order valence-corrected chi connectivity index (χ4v) is 5.76. The number of ether oxygens (including phenoxy) is 2. The topological polar surface area (TPSA) is 135 Å². The smallest absolute Gasteiger partial charge is 0.353 e. The molecule has 0 aliphatic rings. The summed E-state index contributed by atoms with van der Waals surface area (Å²) in [6.07, 6.45) is 15.5. The van der Waals surface area contributed by atoms with Crippen LogP contribution in [0, 0.1) is 11.8 Å². The van der Waals surface area contributed by atoms with Crippen molar-refractivity contribution in [2.45, 2.75) is 90.2 Å². The Bertz CT molecular complexity index is 1240. The second-order valence-electron chi connectivity index (χ2n) is 10.1. The number of nitrogens with two attached hydrogens (primary N) is 1. The predicted octanol–water partition coefficient (Wildman–Crippen LogP) is 6.39. The van der Waals surface area contributed by atoms with E-state index in [-0.39, 0.29) is 19.3 Å². The summed E-state index contributed by atoms with van der Waals surface area (Å²) in [5, 5.41) is 2.07. The summed E-state index contributed by atoms with van der Waals surface area (Å²) in [6, 6.07) is 4.11. The standard InChI is InChI=1S/C29H44N5O5PS/c1-25(21-34-23-33-27-28(30)31-22-32-29(27)34)38-24-40(35,36)39-19-18-37-17-13-11-9-7-5-3-2-4-6-8-10-12-15-26-16-14-20-41-26/h14,16,20,22-23,25H,2-11,13,17-19,21,24H2,1H3,(H,35,36)(H2,30,31,32)/t25-/m1/s1. The van der Waals surface area contributed by atoms with Crippen molar-refractivity contribution in [3.63, 3.8) is 0 Å². The first-order valence-electron chi connectivity index (χ1n) is 14.5. The summed E-state index contributed by atoms with van der Waals surface area (Å²) in [5.74, 6) is 6.79. The lowest BCUT2D eigenvalue weighted by Gasteiger charge is -2.17. The van der Waals surface area contributed by atoms with Gasteiger partial charge in [0.05, 0.1) is 37.1 Å². The van der Waals surface area contributed by atoms with E-state index in [0.29, 0.717) is 30.1 Å². The third-order valence-corrected chi connectivity index (χ3v) is 8.35. The minimum absolute atomic E-state index is 0.0507. The van der Waals surface area contributed by atoms with Crippen molar-refractivity contribution < 1.29 is 23.5 Å². The van der Waals surface area contributed by atoms with Crippen molar-refractivity contribution in [2.24, 2.45) is 0 Å². The molecule has 0 aromatic carbocycles. The van der Waals surface area contributed by atoms with Gasteiger partial charge in [-0.1, -0.05) is 69.3 Å². The lowest BCUT2D eigenvalue weighted by molar-refractivity contribution is 0.0610. The molecule has 41 heavy (non-hydrogen) atoms. The van der Waals surface area contributed by atoms with Crippen LogP contribution in [0.3, 0.4) is 0 Å². The lowest BCUT2D eigenvalue weighted by Crippen LogP contribution is -2.18. The van der Waals surface area contributed by atoms with Crippen LogP contribution in [0.4, 0.5) is 5.82 Å². The Balaban J connectivity index is 1.09. The molecule has 3 N–H and O–H groups in total. The summed E-state index contributed by atoms with van der Waals surface area (Å²) in [6.45, 7) is 3.15. The van der Waals surface area contributed by atoms with Crippen LogP contribution in [0.5, 0.6) is 0 Å². The number of hydrogen-bond donors (Lipinski definition) is 2. The molecule has 3 heterocycles. The molecule has 0 aliphatic heterocycles. The molecule has 0 amide bonds. The molecule has 12 heteroatoms. The SMILES string of the molecule is C[C@H](Cn1cnc2c(N)ncnc21)OCP(=O)(O)OCCOCCCCCCCCCCCCC#Cc1cccs1. The number of thiophene rings is 1. The van der Waals surface area contributed by atoms with E-state index in [9.17, 15) is 9.46 Å². The average Bonchev–Trinajstić information content (AvgIpc) is 3.62. The third-order valence-electron chi connectivity index (χ3n) is 6.50. The normalized spacial score (nSPS) is 13.6. The monoisotopic (exact) mass is 605 g/mol. The van der Waals surface area contributed by atoms with E-state index in [2.05, 4.69) is 38.2 Å². The van der Waals surface area contributed by atoms with Gasteiger partial charge in [-0.15, -0.1) is 11.3 Å². The molecule has 0 saturated heterocycles. The van der Waals surface area contributed by atoms with Crippen LogP contribution in [0.2, 0.25) is 0 Å². The van der Waals surface area contributed by atoms with E-state index in [4.69, 9.17) is 19.7 Å². The number of nitrogens with zero attached hydrogens (tertiary/aromatic N) is 4. The predicted molar refractivity (Wildman–Crippen MR) is 164 cm³/mol. The van der Waals surface area contributed by atoms with Crippen molar-refractivity contribution in [1.82, 2.24) is 19.5 Å². The Morgan fingerprint density at radius 3 is 2.49 bits per heavy atom. The van der Waals surface area contributed by atoms with Crippen LogP contribution in [0.1, 0.15) is 82.4 Å². The van der Waals surface area contributed by atoms with Gasteiger partial charge in [0, 0.05) is 13.0 Å². The Morgan fingerprint density at radius 2 is 1.76 bits per heavy atom. The van der Waals surface area contributed by atoms with E-state index >= 15 is 0 Å². The zero-order chi connectivity index (χ0) is 29.2. The van der Waals surface area contributed by atoms with Gasteiger partial charge in [0.1, 0.15) is 18.2 Å². The highest BCUT2D eigenvalue weighted by atomic mass is 32.1. The molecule has 0 bridgehead atoms. The molecular formula is C29H44N5O5PS. The van der Waals surface area contributed by atoms with Crippen LogP contribution >= 0.6 is 18.9 Å². The highest BCUT2D eigenvalue weighted by molar-refractivity contribution is 7.52. The van der Waals surface area contributed by atoms with Crippen LogP contribution in [-0.2, 0) is 25.1 Å². The summed E-state index contributed by atoms with van der Waals surface area (Å²) in [4.78, 5) is 23.5. The third kappa shape index (κ3) is 13.5. The summed E-state index contributed by atoms with van der Waals surface area (Å²) >= 11 is 1.70. The molecule has 3 aromatic rings. The van der Waals surface area contributed by atoms with Crippen molar-refractivity contribution in [2.75, 3.05) is 31.9 Å². The molecule has 0 fully saturated rings. The van der Waals surface area contributed by atoms with E-state index in [1.165, 1.54) is 57.7 Å². The number of hydrogen-bond acceptors (Lipinski definition) is 9. The molecule has 1 unspecified atom stereocenters. The van der Waals surface area contributed by atoms with Gasteiger partial charge in [0.2, 0.25) is 0 Å². The number of fused-ring (bicyclic) bond motifs is 1. The van der Waals surface area contributed by atoms with Crippen LogP contribution in [-0.4, -0.2) is 56.7 Å². The molecule has 0 saturated carbocycles. The molecule has 10 nitrogen and oxygen atoms in total. The van der Waals surface area contributed by atoms with Crippen LogP contribution < -0.4 is 5.73 Å². The largest absolute Gasteiger partial charge is 0.382 e. The minimum atomic E-state index is -3.87. The minimum Gasteiger partial charge on any atom is -0.382 e. The number of nitrogen functional groups attached to an aromatic ring is 1. The van der Waals surface area contributed by atoms with Gasteiger partial charge >= 0.3 is 7.60 Å². The highest BCUT2D eigenvalue weighted by Gasteiger charge is 2.21. The maximum Gasteiger partial charge on any atom is 0.353 e. The fraction of sp³-hybridized carbons (Fsp3) is 0.621. The number of rotatable bonds is 21. The first-order valence-corrected chi connectivity index (χ1v) is 17.2. The molecule has 0 aliphatic carbocycles. The molecule has 3 rings (SSSR count). The summed E-state index contributed by atoms with van der Waals surface area (Å²) in [7, 11) is -3.87. The number of aromatic nitrogens is 4. The fourth-order valence-electron chi connectivity index (χ4n) is 4.29. The van der Waals surface area contributed by atoms with Gasteiger partial charge in [-0.3, -0.25) is 4.57 Å². The maximum atomic E-state index is 12.3. The Morgan fingerprint density at radius 1 is 1.02 bits per heavy atom. The van der Waals surface area contributed by atoms with E-state index in [1.54, 1.807) is 29.2 Å². The van der Waals surface area contributed by atoms with Crippen molar-refractivity contribution in [1.29, 1.82) is 0 Å². The second kappa shape index (κ2) is 19.0. The number of unbranched alkanes of at least 4 members (excludes halogenated alkanes) is 10. The van der Waals surface area contributed by atoms with Gasteiger partial charge in [0.25, 0.3) is 0 Å². The Hall–Kier alpha value is -2.32. The second-order valence-corrected chi connectivity index (χ2v) is 12.8. The molecule has 226 valence electrons. The van der Waals surface area contributed by atoms with Gasteiger partial charge in [-0.2, -0.15) is 0 Å². The zero-order valence-corrected chi connectivity index (χ0v) is 25.8. The Kier molecular flexibility index (Phi) is 15.4. The van der Waals surface area contributed by atoms with Gasteiger partial charge in [0.15, 0.2) is 11.5 Å². The molecule has 3 aromatic heterocycles. The van der Waals surface area contributed by atoms with Gasteiger partial charge < -0.3 is 29.2 Å². The zero-order valence-electron chi connectivity index (χ0n) is 24.1. The molecule has 0 radical (unpaired) electrons. The maximum absolute atomic E-state index is 12.3. The van der Waals surface area contributed by atoms with Gasteiger partial charge in [-0.25, -0.2) is 15.0 Å². The van der Waals surface area contributed by atoms with Crippen molar-refractivity contribution in [3.05, 3.63) is 35.0 Å². The quantitative estimate of drug-likeness (QED) is 0.0804. The number of anilines is 1. The Labute approximate surface area is 247 Å². The van der Waals surface area contributed by atoms with Gasteiger partial charge in [-0.05, 0) is 31.2 Å². The van der Waals surface area contributed by atoms with E-state index < -0.39 is 13.9 Å². The van der Waals surface area contributed by atoms with Crippen LogP contribution in [0.15, 0.2) is 30.2 Å². The molecular weight excluding hydrogens is 561 g/mol. The van der Waals surface area contributed by atoms with E-state index in [0.717, 1.165) is 24.1 Å². The van der Waals surface area contributed by atoms with E-state index in [1.807, 2.05) is 6.07 Å². The molecule has 0 spiro atoms. The van der Waals surface area contributed by atoms with Crippen molar-refractivity contribution >= 4 is 35.9 Å². The average molecular weight is 606 g/mol. The number of imidazole rings is 1. The lowest BCUT2D eigenvalue weighted by atomic mass is 10.1. The first-order chi connectivity index (χ1) is 19.9. The van der Waals surface area contributed by atoms with Crippen LogP contribution in [0.25, 0.3) is 11.2 Å².